The van der Waals surface area contributed by atoms with Gasteiger partial charge in [-0.1, -0.05) is 0 Å². The third-order valence-electron chi connectivity index (χ3n) is 2.64. The van der Waals surface area contributed by atoms with Gasteiger partial charge < -0.3 is 14.7 Å². The lowest BCUT2D eigenvalue weighted by molar-refractivity contribution is -0.158. The molecule has 1 rings (SSSR count). The second-order valence-electron chi connectivity index (χ2n) is 3.63. The van der Waals surface area contributed by atoms with Gasteiger partial charge in [-0.15, -0.1) is 0 Å². The molecule has 1 heterocycles. The first-order valence-electron chi connectivity index (χ1n) is 4.55. The Balaban J connectivity index is 2.73. The fourth-order valence-corrected chi connectivity index (χ4v) is 1.80. The number of carboxylic acids is 1. The molecule has 1 aliphatic rings. The Kier molecular flexibility index (Phi) is 3.46. The van der Waals surface area contributed by atoms with E-state index < -0.39 is 23.8 Å². The lowest BCUT2D eigenvalue weighted by atomic mass is 9.86. The number of esters is 1. The van der Waals surface area contributed by atoms with E-state index in [1.165, 1.54) is 7.11 Å². The second-order valence-corrected chi connectivity index (χ2v) is 3.63. The van der Waals surface area contributed by atoms with E-state index in [4.69, 9.17) is 5.11 Å². The van der Waals surface area contributed by atoms with E-state index in [0.717, 1.165) is 0 Å². The van der Waals surface area contributed by atoms with Gasteiger partial charge in [-0.3, -0.25) is 9.59 Å². The van der Waals surface area contributed by atoms with Crippen molar-refractivity contribution in [3.63, 3.8) is 0 Å². The van der Waals surface area contributed by atoms with Crippen LogP contribution < -0.4 is 0 Å². The van der Waals surface area contributed by atoms with Gasteiger partial charge in [-0.05, 0) is 20.0 Å². The first kappa shape index (κ1) is 11.0. The number of nitrogens with zero attached hydrogens (tertiary/aromatic N) is 1. The molecule has 2 atom stereocenters. The molecule has 1 N–H and O–H groups in total. The van der Waals surface area contributed by atoms with Crippen LogP contribution >= 0.6 is 0 Å². The van der Waals surface area contributed by atoms with Gasteiger partial charge in [0.2, 0.25) is 0 Å². The number of rotatable bonds is 2. The highest BCUT2D eigenvalue weighted by molar-refractivity contribution is 5.81. The summed E-state index contributed by atoms with van der Waals surface area (Å²) in [6.45, 7) is 1.17. The maximum atomic E-state index is 11.3. The van der Waals surface area contributed by atoms with Gasteiger partial charge in [0.15, 0.2) is 0 Å². The third-order valence-corrected chi connectivity index (χ3v) is 2.64. The maximum absolute atomic E-state index is 11.3. The van der Waals surface area contributed by atoms with E-state index in [1.807, 2.05) is 11.9 Å². The van der Waals surface area contributed by atoms with Crippen LogP contribution in [0.2, 0.25) is 0 Å². The fourth-order valence-electron chi connectivity index (χ4n) is 1.80. The zero-order valence-corrected chi connectivity index (χ0v) is 8.40. The number of piperidine rings is 1. The molecule has 1 saturated heterocycles. The Morgan fingerprint density at radius 3 is 2.57 bits per heavy atom. The zero-order valence-electron chi connectivity index (χ0n) is 8.40. The van der Waals surface area contributed by atoms with Crippen molar-refractivity contribution in [3.05, 3.63) is 0 Å². The molecule has 0 bridgehead atoms. The lowest BCUT2D eigenvalue weighted by Gasteiger charge is -2.32. The van der Waals surface area contributed by atoms with Crippen molar-refractivity contribution in [2.24, 2.45) is 11.8 Å². The molecule has 0 spiro atoms. The van der Waals surface area contributed by atoms with Crippen LogP contribution in [0.4, 0.5) is 0 Å². The van der Waals surface area contributed by atoms with Crippen LogP contribution in [0.1, 0.15) is 6.42 Å². The summed E-state index contributed by atoms with van der Waals surface area (Å²) in [4.78, 5) is 24.1. The Bertz CT molecular complexity index is 241. The number of carbonyl (C=O) groups is 2. The molecule has 0 aliphatic carbocycles. The van der Waals surface area contributed by atoms with Crippen LogP contribution in [-0.2, 0) is 14.3 Å². The molecule has 1 aliphatic heterocycles. The number of hydrogen-bond donors (Lipinski definition) is 1. The van der Waals surface area contributed by atoms with E-state index in [1.54, 1.807) is 0 Å². The van der Waals surface area contributed by atoms with Gasteiger partial charge >= 0.3 is 11.9 Å². The predicted octanol–water partition coefficient (Wildman–Crippen LogP) is -0.188. The Hall–Kier alpha value is -1.10. The van der Waals surface area contributed by atoms with Crippen LogP contribution in [0.15, 0.2) is 0 Å². The van der Waals surface area contributed by atoms with Gasteiger partial charge in [0.25, 0.3) is 0 Å². The van der Waals surface area contributed by atoms with E-state index >= 15 is 0 Å². The van der Waals surface area contributed by atoms with E-state index in [0.29, 0.717) is 19.5 Å². The third kappa shape index (κ3) is 2.23. The van der Waals surface area contributed by atoms with E-state index in [-0.39, 0.29) is 0 Å². The minimum absolute atomic E-state index is 0.427. The van der Waals surface area contributed by atoms with Crippen LogP contribution in [0.3, 0.4) is 0 Å². The molecule has 0 aromatic rings. The van der Waals surface area contributed by atoms with Gasteiger partial charge in [-0.2, -0.15) is 0 Å². The number of ether oxygens (including phenoxy) is 1. The minimum Gasteiger partial charge on any atom is -0.481 e. The molecule has 5 heteroatoms. The molecule has 0 aromatic carbocycles. The van der Waals surface area contributed by atoms with Crippen molar-refractivity contribution in [1.29, 1.82) is 0 Å². The molecule has 0 radical (unpaired) electrons. The normalized spacial score (nSPS) is 28.4. The number of carboxylic acid groups (broad SMARTS) is 1. The lowest BCUT2D eigenvalue weighted by Crippen LogP contribution is -2.45. The number of hydrogen-bond acceptors (Lipinski definition) is 4. The van der Waals surface area contributed by atoms with Crippen LogP contribution in [0.5, 0.6) is 0 Å². The van der Waals surface area contributed by atoms with Crippen molar-refractivity contribution in [3.8, 4) is 0 Å². The van der Waals surface area contributed by atoms with Gasteiger partial charge in [0, 0.05) is 6.54 Å². The summed E-state index contributed by atoms with van der Waals surface area (Å²) < 4.78 is 4.59. The molecule has 1 fully saturated rings. The topological polar surface area (TPSA) is 66.8 Å². The van der Waals surface area contributed by atoms with Gasteiger partial charge in [-0.25, -0.2) is 0 Å². The van der Waals surface area contributed by atoms with Gasteiger partial charge in [0.1, 0.15) is 0 Å². The van der Waals surface area contributed by atoms with E-state index in [2.05, 4.69) is 4.74 Å². The van der Waals surface area contributed by atoms with E-state index in [9.17, 15) is 9.59 Å². The average molecular weight is 201 g/mol. The summed E-state index contributed by atoms with van der Waals surface area (Å²) >= 11 is 0. The first-order chi connectivity index (χ1) is 6.56. The quantitative estimate of drug-likeness (QED) is 0.627. The predicted molar refractivity (Wildman–Crippen MR) is 48.7 cm³/mol. The van der Waals surface area contributed by atoms with Crippen LogP contribution in [0.25, 0.3) is 0 Å². The minimum atomic E-state index is -0.909. The second kappa shape index (κ2) is 4.41. The summed E-state index contributed by atoms with van der Waals surface area (Å²) in [5.41, 5.74) is 0. The first-order valence-corrected chi connectivity index (χ1v) is 4.55. The molecule has 5 nitrogen and oxygen atoms in total. The monoisotopic (exact) mass is 201 g/mol. The molecule has 0 amide bonds. The number of carbonyl (C=O) groups excluding carboxylic acids is 1. The highest BCUT2D eigenvalue weighted by Gasteiger charge is 2.38. The van der Waals surface area contributed by atoms with Gasteiger partial charge in [0.05, 0.1) is 18.9 Å². The molecule has 0 aromatic heterocycles. The summed E-state index contributed by atoms with van der Waals surface area (Å²) in [6, 6.07) is 0. The standard InChI is InChI=1S/C9H15NO4/c1-10-4-3-6(8(11)12)7(5-10)9(13)14-2/h6-7H,3-5H2,1-2H3,(H,11,12). The summed E-state index contributed by atoms with van der Waals surface area (Å²) in [5.74, 6) is -2.47. The molecule has 80 valence electrons. The number of aliphatic carboxylic acids is 1. The molecular formula is C9H15NO4. The summed E-state index contributed by atoms with van der Waals surface area (Å²) in [6.07, 6.45) is 0.506. The zero-order chi connectivity index (χ0) is 10.7. The van der Waals surface area contributed by atoms with Crippen molar-refractivity contribution in [2.45, 2.75) is 6.42 Å². The van der Waals surface area contributed by atoms with Crippen molar-refractivity contribution in [1.82, 2.24) is 4.90 Å². The Labute approximate surface area is 82.6 Å². The largest absolute Gasteiger partial charge is 0.481 e. The molecule has 0 saturated carbocycles. The average Bonchev–Trinajstić information content (AvgIpc) is 2.16. The summed E-state index contributed by atoms with van der Waals surface area (Å²) in [7, 11) is 3.16. The maximum Gasteiger partial charge on any atom is 0.310 e. The molecule has 14 heavy (non-hydrogen) atoms. The van der Waals surface area contributed by atoms with Crippen LogP contribution in [-0.4, -0.2) is 49.2 Å². The van der Waals surface area contributed by atoms with Crippen LogP contribution in [0, 0.1) is 11.8 Å². The SMILES string of the molecule is COC(=O)C1CN(C)CCC1C(=O)O. The Morgan fingerprint density at radius 1 is 1.43 bits per heavy atom. The number of likely N-dealkylation sites (tertiary alicyclic amines) is 1. The highest BCUT2D eigenvalue weighted by Crippen LogP contribution is 2.24. The van der Waals surface area contributed by atoms with Crippen molar-refractivity contribution < 1.29 is 19.4 Å². The Morgan fingerprint density at radius 2 is 2.07 bits per heavy atom. The smallest absolute Gasteiger partial charge is 0.310 e. The highest BCUT2D eigenvalue weighted by atomic mass is 16.5. The fraction of sp³-hybridized carbons (Fsp3) is 0.778. The van der Waals surface area contributed by atoms with Crippen molar-refractivity contribution in [2.75, 3.05) is 27.2 Å². The van der Waals surface area contributed by atoms with Crippen molar-refractivity contribution >= 4 is 11.9 Å². The molecular weight excluding hydrogens is 186 g/mol. The molecule has 2 unspecified atom stereocenters. The summed E-state index contributed by atoms with van der Waals surface area (Å²) in [5, 5.41) is 8.91. The number of methoxy groups -OCH3 is 1.